The summed E-state index contributed by atoms with van der Waals surface area (Å²) < 4.78 is 0. The second kappa shape index (κ2) is 5.65. The maximum absolute atomic E-state index is 12.9. The van der Waals surface area contributed by atoms with Crippen molar-refractivity contribution in [2.45, 2.75) is 45.2 Å². The number of nitrogens with zero attached hydrogens (tertiary/aromatic N) is 2. The van der Waals surface area contributed by atoms with Gasteiger partial charge in [-0.25, -0.2) is 0 Å². The second-order valence-corrected chi connectivity index (χ2v) is 6.87. The number of rotatable bonds is 3. The number of aromatic amines is 1. The molecule has 2 unspecified atom stereocenters. The van der Waals surface area contributed by atoms with Crippen LogP contribution in [0, 0.1) is 0 Å². The highest BCUT2D eigenvalue weighted by molar-refractivity contribution is 5.97. The molecule has 1 fully saturated rings. The number of para-hydroxylation sites is 1. The molecule has 0 bridgehead atoms. The van der Waals surface area contributed by atoms with Crippen LogP contribution < -0.4 is 0 Å². The minimum absolute atomic E-state index is 0.0625. The fourth-order valence-corrected chi connectivity index (χ4v) is 4.17. The molecule has 0 radical (unpaired) electrons. The van der Waals surface area contributed by atoms with Crippen molar-refractivity contribution in [3.05, 3.63) is 35.5 Å². The van der Waals surface area contributed by atoms with Crippen LogP contribution in [0.3, 0.4) is 0 Å². The molecule has 0 saturated carbocycles. The Morgan fingerprint density at radius 2 is 2.04 bits per heavy atom. The summed E-state index contributed by atoms with van der Waals surface area (Å²) in [5.74, 6) is 0.165. The third kappa shape index (κ3) is 2.14. The lowest BCUT2D eigenvalue weighted by Crippen LogP contribution is -2.62. The lowest BCUT2D eigenvalue weighted by atomic mass is 9.90. The van der Waals surface area contributed by atoms with Gasteiger partial charge in [0.15, 0.2) is 0 Å². The van der Waals surface area contributed by atoms with E-state index in [1.165, 1.54) is 10.9 Å². The SMILES string of the molecule is CCCCN1CC(=O)N2C(Cc3c([nH]c4ccccc34)C2C)C1=O. The van der Waals surface area contributed by atoms with Crippen molar-refractivity contribution < 1.29 is 9.59 Å². The Labute approximate surface area is 141 Å². The van der Waals surface area contributed by atoms with E-state index < -0.39 is 0 Å². The molecule has 0 spiro atoms. The van der Waals surface area contributed by atoms with Crippen molar-refractivity contribution in [3.63, 3.8) is 0 Å². The minimum atomic E-state index is -0.357. The van der Waals surface area contributed by atoms with E-state index in [4.69, 9.17) is 0 Å². The molecular formula is C19H23N3O2. The first-order valence-corrected chi connectivity index (χ1v) is 8.81. The van der Waals surface area contributed by atoms with Crippen LogP contribution in [0.1, 0.15) is 44.0 Å². The highest BCUT2D eigenvalue weighted by atomic mass is 16.2. The van der Waals surface area contributed by atoms with Crippen LogP contribution in [0.4, 0.5) is 0 Å². The van der Waals surface area contributed by atoms with Gasteiger partial charge >= 0.3 is 0 Å². The molecular weight excluding hydrogens is 302 g/mol. The molecule has 126 valence electrons. The third-order valence-electron chi connectivity index (χ3n) is 5.41. The van der Waals surface area contributed by atoms with Gasteiger partial charge in [0.1, 0.15) is 6.04 Å². The van der Waals surface area contributed by atoms with Crippen molar-refractivity contribution in [2.24, 2.45) is 0 Å². The zero-order valence-corrected chi connectivity index (χ0v) is 14.2. The number of carbonyl (C=O) groups excluding carboxylic acids is 2. The van der Waals surface area contributed by atoms with E-state index in [1.807, 2.05) is 19.1 Å². The summed E-state index contributed by atoms with van der Waals surface area (Å²) >= 11 is 0. The summed E-state index contributed by atoms with van der Waals surface area (Å²) in [7, 11) is 0. The van der Waals surface area contributed by atoms with Gasteiger partial charge in [0.25, 0.3) is 0 Å². The Hall–Kier alpha value is -2.30. The number of unbranched alkanes of at least 4 members (excludes halogenated alkanes) is 1. The van der Waals surface area contributed by atoms with E-state index in [1.54, 1.807) is 9.80 Å². The topological polar surface area (TPSA) is 56.4 Å². The summed E-state index contributed by atoms with van der Waals surface area (Å²) in [5, 5.41) is 1.17. The van der Waals surface area contributed by atoms with Crippen molar-refractivity contribution in [2.75, 3.05) is 13.1 Å². The smallest absolute Gasteiger partial charge is 0.246 e. The molecule has 1 N–H and O–H groups in total. The Balaban J connectivity index is 1.74. The second-order valence-electron chi connectivity index (χ2n) is 6.87. The maximum Gasteiger partial charge on any atom is 0.246 e. The normalized spacial score (nSPS) is 23.6. The number of hydrogen-bond donors (Lipinski definition) is 1. The van der Waals surface area contributed by atoms with Crippen molar-refractivity contribution in [1.82, 2.24) is 14.8 Å². The van der Waals surface area contributed by atoms with Crippen LogP contribution in [0.2, 0.25) is 0 Å². The number of aromatic nitrogens is 1. The van der Waals surface area contributed by atoms with Gasteiger partial charge in [0.05, 0.1) is 12.6 Å². The number of fused-ring (bicyclic) bond motifs is 4. The van der Waals surface area contributed by atoms with Gasteiger partial charge < -0.3 is 14.8 Å². The quantitative estimate of drug-likeness (QED) is 0.943. The van der Waals surface area contributed by atoms with Crippen LogP contribution in [0.15, 0.2) is 24.3 Å². The Bertz CT molecular complexity index is 810. The van der Waals surface area contributed by atoms with Gasteiger partial charge in [0.2, 0.25) is 11.8 Å². The number of carbonyl (C=O) groups is 2. The van der Waals surface area contributed by atoms with E-state index in [0.717, 1.165) is 24.1 Å². The minimum Gasteiger partial charge on any atom is -0.356 e. The highest BCUT2D eigenvalue weighted by Crippen LogP contribution is 2.38. The number of benzene rings is 1. The average Bonchev–Trinajstić information content (AvgIpc) is 2.96. The molecule has 3 heterocycles. The molecule has 0 aliphatic carbocycles. The summed E-state index contributed by atoms with van der Waals surface area (Å²) in [6.07, 6.45) is 2.58. The first-order chi connectivity index (χ1) is 11.6. The number of hydrogen-bond acceptors (Lipinski definition) is 2. The summed E-state index contributed by atoms with van der Waals surface area (Å²) in [6, 6.07) is 7.73. The van der Waals surface area contributed by atoms with Crippen molar-refractivity contribution in [1.29, 1.82) is 0 Å². The van der Waals surface area contributed by atoms with Crippen LogP contribution in [-0.2, 0) is 16.0 Å². The van der Waals surface area contributed by atoms with Gasteiger partial charge in [-0.3, -0.25) is 9.59 Å². The fourth-order valence-electron chi connectivity index (χ4n) is 4.17. The molecule has 2 amide bonds. The van der Waals surface area contributed by atoms with E-state index in [-0.39, 0.29) is 30.4 Å². The van der Waals surface area contributed by atoms with Crippen LogP contribution in [-0.4, -0.2) is 45.7 Å². The van der Waals surface area contributed by atoms with Gasteiger partial charge in [0, 0.05) is 29.6 Å². The van der Waals surface area contributed by atoms with E-state index in [0.29, 0.717) is 13.0 Å². The number of H-pyrrole nitrogens is 1. The predicted octanol–water partition coefficient (Wildman–Crippen LogP) is 2.62. The maximum atomic E-state index is 12.9. The standard InChI is InChI=1S/C19H23N3O2/c1-3-4-9-21-11-17(23)22-12(2)18-14(10-16(22)19(21)24)13-7-5-6-8-15(13)20-18/h5-8,12,16,20H,3-4,9-11H2,1-2H3. The first kappa shape index (κ1) is 15.2. The van der Waals surface area contributed by atoms with Gasteiger partial charge in [-0.1, -0.05) is 31.5 Å². The molecule has 2 aliphatic rings. The molecule has 1 aromatic heterocycles. The number of nitrogens with one attached hydrogen (secondary N) is 1. The largest absolute Gasteiger partial charge is 0.356 e. The van der Waals surface area contributed by atoms with E-state index >= 15 is 0 Å². The molecule has 2 aliphatic heterocycles. The van der Waals surface area contributed by atoms with E-state index in [9.17, 15) is 9.59 Å². The van der Waals surface area contributed by atoms with Gasteiger partial charge in [-0.05, 0) is 25.0 Å². The fraction of sp³-hybridized carbons (Fsp3) is 0.474. The Kier molecular flexibility index (Phi) is 3.59. The Morgan fingerprint density at radius 1 is 1.25 bits per heavy atom. The lowest BCUT2D eigenvalue weighted by Gasteiger charge is -2.46. The predicted molar refractivity (Wildman–Crippen MR) is 92.5 cm³/mol. The molecule has 5 heteroatoms. The first-order valence-electron chi connectivity index (χ1n) is 8.81. The number of piperazine rings is 1. The molecule has 5 nitrogen and oxygen atoms in total. The molecule has 4 rings (SSSR count). The molecule has 1 saturated heterocycles. The van der Waals surface area contributed by atoms with Crippen molar-refractivity contribution >= 4 is 22.7 Å². The zero-order valence-electron chi connectivity index (χ0n) is 14.2. The van der Waals surface area contributed by atoms with Gasteiger partial charge in [-0.2, -0.15) is 0 Å². The molecule has 2 atom stereocenters. The van der Waals surface area contributed by atoms with Crippen LogP contribution >= 0.6 is 0 Å². The van der Waals surface area contributed by atoms with Crippen LogP contribution in [0.25, 0.3) is 10.9 Å². The lowest BCUT2D eigenvalue weighted by molar-refractivity contribution is -0.159. The van der Waals surface area contributed by atoms with E-state index in [2.05, 4.69) is 24.0 Å². The summed E-state index contributed by atoms with van der Waals surface area (Å²) in [4.78, 5) is 32.7. The number of amides is 2. The average molecular weight is 325 g/mol. The summed E-state index contributed by atoms with van der Waals surface area (Å²) in [5.41, 5.74) is 3.35. The zero-order chi connectivity index (χ0) is 16.8. The summed E-state index contributed by atoms with van der Waals surface area (Å²) in [6.45, 7) is 5.02. The molecule has 2 aromatic rings. The van der Waals surface area contributed by atoms with Crippen LogP contribution in [0.5, 0.6) is 0 Å². The molecule has 1 aromatic carbocycles. The molecule has 24 heavy (non-hydrogen) atoms. The van der Waals surface area contributed by atoms with Crippen molar-refractivity contribution in [3.8, 4) is 0 Å². The highest BCUT2D eigenvalue weighted by Gasteiger charge is 2.45. The Morgan fingerprint density at radius 3 is 2.83 bits per heavy atom. The monoisotopic (exact) mass is 325 g/mol. The third-order valence-corrected chi connectivity index (χ3v) is 5.41. The van der Waals surface area contributed by atoms with Gasteiger partial charge in [-0.15, -0.1) is 0 Å².